The summed E-state index contributed by atoms with van der Waals surface area (Å²) in [7, 11) is 1.18. The second-order valence-electron chi connectivity index (χ2n) is 9.26. The number of hydrogen-bond acceptors (Lipinski definition) is 9. The first-order valence-electron chi connectivity index (χ1n) is 12.3. The fourth-order valence-corrected chi connectivity index (χ4v) is 3.43. The van der Waals surface area contributed by atoms with Gasteiger partial charge in [-0.15, -0.1) is 0 Å². The first-order chi connectivity index (χ1) is 18.3. The molecule has 5 atom stereocenters. The molecule has 0 aromatic heterocycles. The third-order valence-corrected chi connectivity index (χ3v) is 5.65. The summed E-state index contributed by atoms with van der Waals surface area (Å²) in [5.41, 5.74) is 11.4. The van der Waals surface area contributed by atoms with Gasteiger partial charge in [0.1, 0.15) is 30.2 Å². The third-order valence-electron chi connectivity index (χ3n) is 5.65. The molecule has 0 fully saturated rings. The first-order valence-corrected chi connectivity index (χ1v) is 12.3. The fraction of sp³-hybridized carbons (Fsp3) is 0.520. The van der Waals surface area contributed by atoms with E-state index in [9.17, 15) is 28.8 Å². The Kier molecular flexibility index (Phi) is 13.6. The Morgan fingerprint density at radius 1 is 0.846 bits per heavy atom. The lowest BCUT2D eigenvalue weighted by Gasteiger charge is -2.27. The second kappa shape index (κ2) is 16.0. The van der Waals surface area contributed by atoms with Gasteiger partial charge in [0.25, 0.3) is 0 Å². The maximum absolute atomic E-state index is 13.3. The van der Waals surface area contributed by atoms with Crippen LogP contribution >= 0.6 is 0 Å². The van der Waals surface area contributed by atoms with Gasteiger partial charge in [-0.2, -0.15) is 0 Å². The number of hydrogen-bond donors (Lipinski definition) is 7. The topological polar surface area (TPSA) is 232 Å². The number of ether oxygens (including phenoxy) is 1. The standard InChI is InChI=1S/C25H38N6O8/c1-13(2)20(31-23(36)18(11-19(27)33)29-21(34)16(26)12-32)24(37)30-17(10-15-8-6-5-7-9-15)22(35)28-14(3)25(38)39-4/h5-9,13-14,16-18,20,32H,10-12,26H2,1-4H3,(H2,27,33)(H,28,35)(H,29,34)(H,30,37)(H,31,36)/t14-,16-,17-,18-,20-/m0/s1. The molecule has 0 unspecified atom stereocenters. The van der Waals surface area contributed by atoms with Crippen LogP contribution in [-0.4, -0.2) is 84.5 Å². The highest BCUT2D eigenvalue weighted by atomic mass is 16.5. The molecule has 1 aromatic carbocycles. The molecule has 9 N–H and O–H groups in total. The summed E-state index contributed by atoms with van der Waals surface area (Å²) in [5, 5.41) is 18.9. The Labute approximate surface area is 226 Å². The summed E-state index contributed by atoms with van der Waals surface area (Å²) in [6.07, 6.45) is -0.517. The molecule has 5 amide bonds. The average Bonchev–Trinajstić information content (AvgIpc) is 2.89. The Morgan fingerprint density at radius 3 is 1.92 bits per heavy atom. The minimum atomic E-state index is -1.47. The molecule has 14 nitrogen and oxygen atoms in total. The molecule has 0 heterocycles. The summed E-state index contributed by atoms with van der Waals surface area (Å²) in [4.78, 5) is 74.6. The zero-order chi connectivity index (χ0) is 29.7. The van der Waals surface area contributed by atoms with Crippen molar-refractivity contribution in [3.63, 3.8) is 0 Å². The van der Waals surface area contributed by atoms with Gasteiger partial charge in [-0.05, 0) is 18.4 Å². The van der Waals surface area contributed by atoms with Gasteiger partial charge in [0.15, 0.2) is 0 Å². The van der Waals surface area contributed by atoms with E-state index in [1.54, 1.807) is 44.2 Å². The van der Waals surface area contributed by atoms with Crippen LogP contribution in [0.4, 0.5) is 0 Å². The quantitative estimate of drug-likeness (QED) is 0.112. The van der Waals surface area contributed by atoms with E-state index in [1.807, 2.05) is 0 Å². The van der Waals surface area contributed by atoms with E-state index < -0.39 is 84.7 Å². The van der Waals surface area contributed by atoms with Crippen LogP contribution in [0.3, 0.4) is 0 Å². The number of aliphatic hydroxyl groups excluding tert-OH is 1. The molecule has 0 saturated carbocycles. The molecule has 0 spiro atoms. The molecule has 0 aliphatic rings. The number of primary amides is 1. The summed E-state index contributed by atoms with van der Waals surface area (Å²) in [6, 6.07) is 2.70. The van der Waals surface area contributed by atoms with Crippen molar-refractivity contribution < 1.29 is 38.6 Å². The van der Waals surface area contributed by atoms with Gasteiger partial charge in [-0.1, -0.05) is 44.2 Å². The highest BCUT2D eigenvalue weighted by Gasteiger charge is 2.33. The molecule has 0 aliphatic heterocycles. The molecular weight excluding hydrogens is 512 g/mol. The molecule has 216 valence electrons. The number of benzene rings is 1. The van der Waals surface area contributed by atoms with E-state index in [1.165, 1.54) is 14.0 Å². The number of nitrogens with two attached hydrogens (primary N) is 2. The highest BCUT2D eigenvalue weighted by Crippen LogP contribution is 2.08. The minimum Gasteiger partial charge on any atom is -0.467 e. The Hall–Kier alpha value is -4.04. The summed E-state index contributed by atoms with van der Waals surface area (Å²) < 4.78 is 4.63. The van der Waals surface area contributed by atoms with Crippen LogP contribution in [0.25, 0.3) is 0 Å². The Balaban J connectivity index is 3.13. The van der Waals surface area contributed by atoms with E-state index in [0.29, 0.717) is 0 Å². The summed E-state index contributed by atoms with van der Waals surface area (Å²) in [5.74, 6) is -5.25. The monoisotopic (exact) mass is 550 g/mol. The first kappa shape index (κ1) is 33.0. The van der Waals surface area contributed by atoms with Gasteiger partial charge >= 0.3 is 5.97 Å². The number of aliphatic hydroxyl groups is 1. The third kappa shape index (κ3) is 11.1. The van der Waals surface area contributed by atoms with E-state index in [2.05, 4.69) is 26.0 Å². The smallest absolute Gasteiger partial charge is 0.328 e. The van der Waals surface area contributed by atoms with Crippen molar-refractivity contribution in [2.24, 2.45) is 17.4 Å². The van der Waals surface area contributed by atoms with E-state index in [-0.39, 0.29) is 6.42 Å². The molecule has 39 heavy (non-hydrogen) atoms. The van der Waals surface area contributed by atoms with E-state index in [0.717, 1.165) is 5.56 Å². The van der Waals surface area contributed by atoms with Crippen molar-refractivity contribution in [2.75, 3.05) is 13.7 Å². The van der Waals surface area contributed by atoms with Crippen LogP contribution in [0.15, 0.2) is 30.3 Å². The van der Waals surface area contributed by atoms with Crippen molar-refractivity contribution in [1.82, 2.24) is 21.3 Å². The van der Waals surface area contributed by atoms with Crippen LogP contribution in [0.1, 0.15) is 32.8 Å². The van der Waals surface area contributed by atoms with Crippen molar-refractivity contribution in [3.8, 4) is 0 Å². The van der Waals surface area contributed by atoms with Crippen molar-refractivity contribution >= 4 is 35.5 Å². The summed E-state index contributed by atoms with van der Waals surface area (Å²) in [6.45, 7) is 4.00. The van der Waals surface area contributed by atoms with Crippen molar-refractivity contribution in [2.45, 2.75) is 63.8 Å². The Morgan fingerprint density at radius 2 is 1.41 bits per heavy atom. The SMILES string of the molecule is COC(=O)[C@H](C)NC(=O)[C@H](Cc1ccccc1)NC(=O)[C@@H](NC(=O)[C@H](CC(N)=O)NC(=O)[C@@H](N)CO)C(C)C. The fourth-order valence-electron chi connectivity index (χ4n) is 3.43. The number of methoxy groups -OCH3 is 1. The van der Waals surface area contributed by atoms with Gasteiger partial charge in [0.2, 0.25) is 29.5 Å². The number of rotatable bonds is 15. The van der Waals surface area contributed by atoms with Crippen LogP contribution in [0, 0.1) is 5.92 Å². The molecule has 0 bridgehead atoms. The number of carbonyl (C=O) groups is 6. The van der Waals surface area contributed by atoms with Gasteiger partial charge in [0, 0.05) is 6.42 Å². The zero-order valence-corrected chi connectivity index (χ0v) is 22.4. The molecule has 0 saturated heterocycles. The number of esters is 1. The molecule has 1 rings (SSSR count). The van der Waals surface area contributed by atoms with Gasteiger partial charge in [0.05, 0.1) is 20.1 Å². The maximum atomic E-state index is 13.3. The predicted octanol–water partition coefficient (Wildman–Crippen LogP) is -2.79. The lowest BCUT2D eigenvalue weighted by Crippen LogP contribution is -2.60. The molecule has 1 aromatic rings. The van der Waals surface area contributed by atoms with Crippen LogP contribution in [0.5, 0.6) is 0 Å². The maximum Gasteiger partial charge on any atom is 0.328 e. The van der Waals surface area contributed by atoms with E-state index in [4.69, 9.17) is 16.6 Å². The van der Waals surface area contributed by atoms with Crippen LogP contribution in [0.2, 0.25) is 0 Å². The lowest BCUT2D eigenvalue weighted by molar-refractivity contribution is -0.144. The number of amides is 5. The lowest BCUT2D eigenvalue weighted by atomic mass is 10.00. The second-order valence-corrected chi connectivity index (χ2v) is 9.26. The van der Waals surface area contributed by atoms with Crippen LogP contribution in [-0.2, 0) is 39.9 Å². The molecular formula is C25H38N6O8. The van der Waals surface area contributed by atoms with Crippen molar-refractivity contribution in [3.05, 3.63) is 35.9 Å². The van der Waals surface area contributed by atoms with Gasteiger partial charge < -0.3 is 42.6 Å². The predicted molar refractivity (Wildman–Crippen MR) is 139 cm³/mol. The number of nitrogens with one attached hydrogen (secondary N) is 4. The largest absolute Gasteiger partial charge is 0.467 e. The van der Waals surface area contributed by atoms with Gasteiger partial charge in [-0.25, -0.2) is 4.79 Å². The van der Waals surface area contributed by atoms with Gasteiger partial charge in [-0.3, -0.25) is 24.0 Å². The van der Waals surface area contributed by atoms with Crippen molar-refractivity contribution in [1.29, 1.82) is 0 Å². The Bertz CT molecular complexity index is 1020. The highest BCUT2D eigenvalue weighted by molar-refractivity contribution is 5.97. The van der Waals surface area contributed by atoms with Crippen LogP contribution < -0.4 is 32.7 Å². The molecule has 0 radical (unpaired) electrons. The van der Waals surface area contributed by atoms with E-state index >= 15 is 0 Å². The minimum absolute atomic E-state index is 0.0739. The molecule has 14 heteroatoms. The zero-order valence-electron chi connectivity index (χ0n) is 22.4. The normalized spacial score (nSPS) is 14.6. The molecule has 0 aliphatic carbocycles. The average molecular weight is 551 g/mol. The number of carbonyl (C=O) groups excluding carboxylic acids is 6. The summed E-state index contributed by atoms with van der Waals surface area (Å²) >= 11 is 0.